The number of halogens is 1. The van der Waals surface area contributed by atoms with E-state index in [-0.39, 0.29) is 0 Å². The standard InChI is InChI=1S/C10H11ClN2/c1-8-9(4-2-3-7-11)5-6-10(12)13-8/h5-6H,3,7H2,1H3,(H2,12,13). The average Bonchev–Trinajstić information content (AvgIpc) is 2.09. The molecule has 0 aromatic carbocycles. The second kappa shape index (κ2) is 4.74. The van der Waals surface area contributed by atoms with Crippen molar-refractivity contribution in [1.29, 1.82) is 0 Å². The van der Waals surface area contributed by atoms with Crippen LogP contribution in [0.25, 0.3) is 0 Å². The highest BCUT2D eigenvalue weighted by molar-refractivity contribution is 6.18. The van der Waals surface area contributed by atoms with Crippen LogP contribution in [0.15, 0.2) is 12.1 Å². The summed E-state index contributed by atoms with van der Waals surface area (Å²) >= 11 is 5.49. The van der Waals surface area contributed by atoms with Crippen molar-refractivity contribution in [3.63, 3.8) is 0 Å². The van der Waals surface area contributed by atoms with E-state index >= 15 is 0 Å². The summed E-state index contributed by atoms with van der Waals surface area (Å²) in [5.41, 5.74) is 7.28. The van der Waals surface area contributed by atoms with Gasteiger partial charge < -0.3 is 5.73 Å². The summed E-state index contributed by atoms with van der Waals surface area (Å²) in [6.07, 6.45) is 0.700. The summed E-state index contributed by atoms with van der Waals surface area (Å²) in [6, 6.07) is 3.62. The predicted molar refractivity (Wildman–Crippen MR) is 55.6 cm³/mol. The first-order chi connectivity index (χ1) is 6.24. The first-order valence-electron chi connectivity index (χ1n) is 4.02. The molecule has 0 aliphatic rings. The molecule has 68 valence electrons. The van der Waals surface area contributed by atoms with Crippen molar-refractivity contribution in [3.05, 3.63) is 23.4 Å². The molecule has 0 radical (unpaired) electrons. The maximum Gasteiger partial charge on any atom is 0.123 e. The van der Waals surface area contributed by atoms with Gasteiger partial charge in [-0.15, -0.1) is 11.6 Å². The van der Waals surface area contributed by atoms with Gasteiger partial charge >= 0.3 is 0 Å². The molecule has 0 saturated carbocycles. The Morgan fingerprint density at radius 3 is 2.92 bits per heavy atom. The SMILES string of the molecule is Cc1nc(N)ccc1C#CCCCl. The zero-order chi connectivity index (χ0) is 9.68. The number of nitrogens with zero attached hydrogens (tertiary/aromatic N) is 1. The van der Waals surface area contributed by atoms with Gasteiger partial charge in [-0.2, -0.15) is 0 Å². The maximum atomic E-state index is 5.50. The third kappa shape index (κ3) is 2.96. The molecule has 1 aromatic heterocycles. The molecule has 1 aromatic rings. The summed E-state index contributed by atoms with van der Waals surface area (Å²) in [4.78, 5) is 4.09. The Hall–Kier alpha value is -1.20. The summed E-state index contributed by atoms with van der Waals surface area (Å²) in [7, 11) is 0. The zero-order valence-electron chi connectivity index (χ0n) is 7.47. The number of nitrogen functional groups attached to an aromatic ring is 1. The molecule has 0 aliphatic carbocycles. The zero-order valence-corrected chi connectivity index (χ0v) is 8.23. The Bertz CT molecular complexity index is 350. The quantitative estimate of drug-likeness (QED) is 0.548. The number of aryl methyl sites for hydroxylation is 1. The Labute approximate surface area is 83.1 Å². The van der Waals surface area contributed by atoms with Crippen LogP contribution in [0.2, 0.25) is 0 Å². The molecule has 2 N–H and O–H groups in total. The number of rotatable bonds is 1. The van der Waals surface area contributed by atoms with Crippen LogP contribution in [0.5, 0.6) is 0 Å². The molecule has 0 atom stereocenters. The van der Waals surface area contributed by atoms with Crippen molar-refractivity contribution in [2.24, 2.45) is 0 Å². The van der Waals surface area contributed by atoms with Crippen molar-refractivity contribution in [2.45, 2.75) is 13.3 Å². The molecule has 0 saturated heterocycles. The Morgan fingerprint density at radius 2 is 2.31 bits per heavy atom. The molecule has 2 nitrogen and oxygen atoms in total. The number of aromatic nitrogens is 1. The lowest BCUT2D eigenvalue weighted by atomic mass is 10.2. The summed E-state index contributed by atoms with van der Waals surface area (Å²) in [5, 5.41) is 0. The third-order valence-electron chi connectivity index (χ3n) is 1.55. The molecule has 0 spiro atoms. The number of pyridine rings is 1. The summed E-state index contributed by atoms with van der Waals surface area (Å²) < 4.78 is 0. The van der Waals surface area contributed by atoms with Gasteiger partial charge in [-0.05, 0) is 19.1 Å². The Kier molecular flexibility index (Phi) is 3.60. The molecule has 0 bridgehead atoms. The van der Waals surface area contributed by atoms with E-state index in [4.69, 9.17) is 17.3 Å². The van der Waals surface area contributed by atoms with Crippen LogP contribution < -0.4 is 5.73 Å². The van der Waals surface area contributed by atoms with Crippen LogP contribution in [-0.4, -0.2) is 10.9 Å². The smallest absolute Gasteiger partial charge is 0.123 e. The van der Waals surface area contributed by atoms with E-state index in [2.05, 4.69) is 16.8 Å². The van der Waals surface area contributed by atoms with Crippen molar-refractivity contribution >= 4 is 17.4 Å². The molecule has 1 rings (SSSR count). The van der Waals surface area contributed by atoms with Crippen LogP contribution in [0, 0.1) is 18.8 Å². The highest BCUT2D eigenvalue weighted by atomic mass is 35.5. The topological polar surface area (TPSA) is 38.9 Å². The monoisotopic (exact) mass is 194 g/mol. The average molecular weight is 195 g/mol. The largest absolute Gasteiger partial charge is 0.384 e. The molecule has 1 heterocycles. The minimum Gasteiger partial charge on any atom is -0.384 e. The van der Waals surface area contributed by atoms with Crippen LogP contribution in [-0.2, 0) is 0 Å². The molecular weight excluding hydrogens is 184 g/mol. The van der Waals surface area contributed by atoms with E-state index in [0.29, 0.717) is 18.1 Å². The Morgan fingerprint density at radius 1 is 1.54 bits per heavy atom. The lowest BCUT2D eigenvalue weighted by Crippen LogP contribution is -1.94. The second-order valence-electron chi connectivity index (χ2n) is 2.61. The van der Waals surface area contributed by atoms with Gasteiger partial charge in [0.25, 0.3) is 0 Å². The minimum absolute atomic E-state index is 0.528. The minimum atomic E-state index is 0.528. The van der Waals surface area contributed by atoms with Crippen molar-refractivity contribution < 1.29 is 0 Å². The molecule has 0 fully saturated rings. The second-order valence-corrected chi connectivity index (χ2v) is 2.99. The number of alkyl halides is 1. The van der Waals surface area contributed by atoms with Gasteiger partial charge in [-0.25, -0.2) is 4.98 Å². The fourth-order valence-corrected chi connectivity index (χ4v) is 1.01. The molecule has 3 heteroatoms. The van der Waals surface area contributed by atoms with Gasteiger partial charge in [0, 0.05) is 17.9 Å². The van der Waals surface area contributed by atoms with E-state index in [0.717, 1.165) is 11.3 Å². The third-order valence-corrected chi connectivity index (χ3v) is 1.74. The normalized spacial score (nSPS) is 9.08. The lowest BCUT2D eigenvalue weighted by Gasteiger charge is -1.97. The van der Waals surface area contributed by atoms with Crippen LogP contribution in [0.3, 0.4) is 0 Å². The number of anilines is 1. The highest BCUT2D eigenvalue weighted by Crippen LogP contribution is 2.06. The van der Waals surface area contributed by atoms with Gasteiger partial charge in [0.1, 0.15) is 5.82 Å². The first-order valence-corrected chi connectivity index (χ1v) is 4.55. The molecule has 0 aliphatic heterocycles. The van der Waals surface area contributed by atoms with Crippen molar-refractivity contribution in [3.8, 4) is 11.8 Å². The maximum absolute atomic E-state index is 5.50. The number of hydrogen-bond acceptors (Lipinski definition) is 2. The molecule has 0 amide bonds. The fourth-order valence-electron chi connectivity index (χ4n) is 0.918. The van der Waals surface area contributed by atoms with Crippen LogP contribution in [0.1, 0.15) is 17.7 Å². The van der Waals surface area contributed by atoms with E-state index in [1.54, 1.807) is 6.07 Å². The molecule has 13 heavy (non-hydrogen) atoms. The Balaban J connectivity index is 2.85. The van der Waals surface area contributed by atoms with Crippen LogP contribution in [0.4, 0.5) is 5.82 Å². The van der Waals surface area contributed by atoms with Gasteiger partial charge in [0.2, 0.25) is 0 Å². The van der Waals surface area contributed by atoms with E-state index in [1.165, 1.54) is 0 Å². The van der Waals surface area contributed by atoms with Crippen LogP contribution >= 0.6 is 11.6 Å². The van der Waals surface area contributed by atoms with Crippen molar-refractivity contribution in [2.75, 3.05) is 11.6 Å². The van der Waals surface area contributed by atoms with Gasteiger partial charge in [-0.1, -0.05) is 11.8 Å². The van der Waals surface area contributed by atoms with Crippen molar-refractivity contribution in [1.82, 2.24) is 4.98 Å². The lowest BCUT2D eigenvalue weighted by molar-refractivity contribution is 1.19. The van der Waals surface area contributed by atoms with Gasteiger partial charge in [0.05, 0.1) is 5.69 Å². The van der Waals surface area contributed by atoms with E-state index in [1.807, 2.05) is 13.0 Å². The van der Waals surface area contributed by atoms with E-state index < -0.39 is 0 Å². The van der Waals surface area contributed by atoms with Gasteiger partial charge in [0.15, 0.2) is 0 Å². The summed E-state index contributed by atoms with van der Waals surface area (Å²) in [5.74, 6) is 7.03. The fraction of sp³-hybridized carbons (Fsp3) is 0.300. The van der Waals surface area contributed by atoms with Gasteiger partial charge in [-0.3, -0.25) is 0 Å². The summed E-state index contributed by atoms with van der Waals surface area (Å²) in [6.45, 7) is 1.89. The highest BCUT2D eigenvalue weighted by Gasteiger charge is 1.95. The first kappa shape index (κ1) is 9.88. The van der Waals surface area contributed by atoms with E-state index in [9.17, 15) is 0 Å². The number of hydrogen-bond donors (Lipinski definition) is 1. The molecular formula is C10H11ClN2. The molecule has 0 unspecified atom stereocenters. The number of nitrogens with two attached hydrogens (primary N) is 1. The predicted octanol–water partition coefficient (Wildman–Crippen LogP) is 1.95.